The Morgan fingerprint density at radius 1 is 1.03 bits per heavy atom. The minimum Gasteiger partial charge on any atom is -0.481 e. The van der Waals surface area contributed by atoms with Crippen molar-refractivity contribution in [3.63, 3.8) is 0 Å². The van der Waals surface area contributed by atoms with Crippen LogP contribution in [0.1, 0.15) is 24.6 Å². The molecule has 0 spiro atoms. The second kappa shape index (κ2) is 8.10. The quantitative estimate of drug-likeness (QED) is 0.435. The monoisotopic (exact) mass is 404 g/mol. The van der Waals surface area contributed by atoms with Crippen LogP contribution in [-0.4, -0.2) is 20.7 Å². The van der Waals surface area contributed by atoms with Crippen LogP contribution in [0.2, 0.25) is 5.02 Å². The second-order valence-electron chi connectivity index (χ2n) is 6.95. The Bertz CT molecular complexity index is 1180. The summed E-state index contributed by atoms with van der Waals surface area (Å²) in [5.74, 6) is -0.828. The fourth-order valence-electron chi connectivity index (χ4n) is 3.75. The third kappa shape index (κ3) is 3.76. The number of aliphatic carboxylic acids is 1. The first-order valence-corrected chi connectivity index (χ1v) is 10.0. The summed E-state index contributed by atoms with van der Waals surface area (Å²) in [6.45, 7) is 2.10. The minimum atomic E-state index is -0.828. The predicted molar refractivity (Wildman–Crippen MR) is 116 cm³/mol. The Kier molecular flexibility index (Phi) is 5.36. The number of hydrogen-bond donors (Lipinski definition) is 1. The van der Waals surface area contributed by atoms with Gasteiger partial charge in [-0.15, -0.1) is 0 Å². The van der Waals surface area contributed by atoms with Gasteiger partial charge in [-0.1, -0.05) is 61.0 Å². The van der Waals surface area contributed by atoms with Crippen LogP contribution in [0.5, 0.6) is 0 Å². The number of carboxylic acid groups (broad SMARTS) is 1. The molecule has 5 heteroatoms. The zero-order valence-corrected chi connectivity index (χ0v) is 16.9. The molecule has 0 atom stereocenters. The van der Waals surface area contributed by atoms with Crippen molar-refractivity contribution in [2.75, 3.05) is 0 Å². The molecule has 2 aromatic heterocycles. The zero-order chi connectivity index (χ0) is 20.4. The minimum absolute atomic E-state index is 0.0343. The molecule has 1 N–H and O–H groups in total. The van der Waals surface area contributed by atoms with E-state index in [-0.39, 0.29) is 6.42 Å². The zero-order valence-electron chi connectivity index (χ0n) is 16.1. The molecule has 0 fully saturated rings. The summed E-state index contributed by atoms with van der Waals surface area (Å²) in [5.41, 5.74) is 6.71. The summed E-state index contributed by atoms with van der Waals surface area (Å²) in [5, 5.41) is 14.9. The van der Waals surface area contributed by atoms with Gasteiger partial charge in [-0.25, -0.2) is 4.52 Å². The van der Waals surface area contributed by atoms with Crippen molar-refractivity contribution >= 4 is 23.1 Å². The van der Waals surface area contributed by atoms with Crippen molar-refractivity contribution in [2.45, 2.75) is 26.2 Å². The van der Waals surface area contributed by atoms with Crippen molar-refractivity contribution in [1.82, 2.24) is 9.61 Å². The van der Waals surface area contributed by atoms with Crippen LogP contribution in [-0.2, 0) is 17.6 Å². The summed E-state index contributed by atoms with van der Waals surface area (Å²) in [7, 11) is 0. The van der Waals surface area contributed by atoms with Crippen molar-refractivity contribution < 1.29 is 9.90 Å². The summed E-state index contributed by atoms with van der Waals surface area (Å²) in [4.78, 5) is 11.4. The molecule has 0 radical (unpaired) electrons. The van der Waals surface area contributed by atoms with Gasteiger partial charge in [0.25, 0.3) is 0 Å². The summed E-state index contributed by atoms with van der Waals surface area (Å²) < 4.78 is 1.98. The first-order valence-electron chi connectivity index (χ1n) is 9.65. The highest BCUT2D eigenvalue weighted by molar-refractivity contribution is 6.30. The smallest absolute Gasteiger partial charge is 0.303 e. The molecule has 29 heavy (non-hydrogen) atoms. The van der Waals surface area contributed by atoms with Crippen molar-refractivity contribution in [3.8, 4) is 22.4 Å². The lowest BCUT2D eigenvalue weighted by molar-refractivity contribution is -0.136. The predicted octanol–water partition coefficient (Wildman–Crippen LogP) is 5.90. The highest BCUT2D eigenvalue weighted by Crippen LogP contribution is 2.37. The number of aryl methyl sites for hydroxylation is 1. The molecule has 4 rings (SSSR count). The molecule has 0 unspecified atom stereocenters. The van der Waals surface area contributed by atoms with Gasteiger partial charge >= 0.3 is 5.97 Å². The molecular formula is C24H21ClN2O2. The first kappa shape index (κ1) is 19.2. The van der Waals surface area contributed by atoms with Crippen LogP contribution < -0.4 is 0 Å². The van der Waals surface area contributed by atoms with E-state index in [1.807, 2.05) is 59.1 Å². The summed E-state index contributed by atoms with van der Waals surface area (Å²) >= 11 is 6.30. The van der Waals surface area contributed by atoms with E-state index in [1.54, 1.807) is 0 Å². The number of carbonyl (C=O) groups is 1. The Hall–Kier alpha value is -3.11. The van der Waals surface area contributed by atoms with E-state index in [0.717, 1.165) is 45.6 Å². The van der Waals surface area contributed by atoms with Crippen LogP contribution in [0.4, 0.5) is 0 Å². The molecule has 4 aromatic rings. The highest BCUT2D eigenvalue weighted by Gasteiger charge is 2.20. The molecule has 146 valence electrons. The average molecular weight is 405 g/mol. The Balaban J connectivity index is 2.09. The van der Waals surface area contributed by atoms with Crippen LogP contribution >= 0.6 is 11.6 Å². The molecule has 0 aliphatic carbocycles. The van der Waals surface area contributed by atoms with E-state index in [4.69, 9.17) is 16.7 Å². The number of halogens is 1. The van der Waals surface area contributed by atoms with E-state index in [9.17, 15) is 9.90 Å². The van der Waals surface area contributed by atoms with Gasteiger partial charge in [0, 0.05) is 28.3 Å². The lowest BCUT2D eigenvalue weighted by Crippen LogP contribution is -2.08. The largest absolute Gasteiger partial charge is 0.481 e. The third-order valence-electron chi connectivity index (χ3n) is 5.09. The molecule has 2 heterocycles. The topological polar surface area (TPSA) is 54.6 Å². The maximum Gasteiger partial charge on any atom is 0.303 e. The van der Waals surface area contributed by atoms with Gasteiger partial charge in [-0.3, -0.25) is 4.79 Å². The van der Waals surface area contributed by atoms with E-state index in [0.29, 0.717) is 11.4 Å². The molecule has 0 saturated carbocycles. The fraction of sp³-hybridized carbons (Fsp3) is 0.167. The lowest BCUT2D eigenvalue weighted by Gasteiger charge is -2.17. The highest BCUT2D eigenvalue weighted by atomic mass is 35.5. The van der Waals surface area contributed by atoms with Crippen molar-refractivity contribution in [2.24, 2.45) is 0 Å². The molecule has 0 bridgehead atoms. The molecule has 4 nitrogen and oxygen atoms in total. The number of benzene rings is 2. The van der Waals surface area contributed by atoms with Crippen molar-refractivity contribution in [3.05, 3.63) is 83.0 Å². The van der Waals surface area contributed by atoms with E-state index in [1.165, 1.54) is 0 Å². The Morgan fingerprint density at radius 3 is 2.48 bits per heavy atom. The second-order valence-corrected chi connectivity index (χ2v) is 7.38. The van der Waals surface area contributed by atoms with Crippen LogP contribution in [0.3, 0.4) is 0 Å². The molecular weight excluding hydrogens is 384 g/mol. The van der Waals surface area contributed by atoms with Gasteiger partial charge in [-0.2, -0.15) is 5.10 Å². The number of carboxylic acids is 1. The number of fused-ring (bicyclic) bond motifs is 1. The Morgan fingerprint density at radius 2 is 1.79 bits per heavy atom. The van der Waals surface area contributed by atoms with Gasteiger partial charge in [0.1, 0.15) is 0 Å². The third-order valence-corrected chi connectivity index (χ3v) is 5.32. The van der Waals surface area contributed by atoms with Crippen LogP contribution in [0.25, 0.3) is 27.9 Å². The summed E-state index contributed by atoms with van der Waals surface area (Å²) in [6, 6.07) is 21.8. The standard InChI is InChI=1S/C24H21ClN2O2/c1-2-19-11-13-21-23(17-9-6-10-18(25)15-17)20(12-14-22(28)29)24(26-27(19)21)16-7-4-3-5-8-16/h3-11,13,15H,2,12,14H2,1H3,(H,28,29). The number of rotatable bonds is 6. The number of aromatic nitrogens is 2. The summed E-state index contributed by atoms with van der Waals surface area (Å²) in [6.07, 6.45) is 1.27. The van der Waals surface area contributed by atoms with Crippen molar-refractivity contribution in [1.29, 1.82) is 0 Å². The Labute approximate surface area is 174 Å². The van der Waals surface area contributed by atoms with E-state index in [2.05, 4.69) is 19.1 Å². The number of hydrogen-bond acceptors (Lipinski definition) is 2. The fourth-order valence-corrected chi connectivity index (χ4v) is 3.94. The molecule has 0 aliphatic rings. The maximum absolute atomic E-state index is 11.4. The van der Waals surface area contributed by atoms with Gasteiger partial charge in [-0.05, 0) is 48.2 Å². The average Bonchev–Trinajstić information content (AvgIpc) is 3.14. The molecule has 0 amide bonds. The van der Waals surface area contributed by atoms with Crippen LogP contribution in [0, 0.1) is 0 Å². The van der Waals surface area contributed by atoms with Gasteiger partial charge in [0.2, 0.25) is 0 Å². The van der Waals surface area contributed by atoms with Gasteiger partial charge in [0.05, 0.1) is 11.2 Å². The van der Waals surface area contributed by atoms with Gasteiger partial charge in [0.15, 0.2) is 0 Å². The van der Waals surface area contributed by atoms with E-state index < -0.39 is 5.97 Å². The van der Waals surface area contributed by atoms with Crippen LogP contribution in [0.15, 0.2) is 66.7 Å². The van der Waals surface area contributed by atoms with Gasteiger partial charge < -0.3 is 5.11 Å². The SMILES string of the molecule is CCc1ccc2c(-c3cccc(Cl)c3)c(CCC(=O)O)c(-c3ccccc3)nn12. The lowest BCUT2D eigenvalue weighted by atomic mass is 9.93. The normalized spacial score (nSPS) is 11.1. The molecule has 2 aromatic carbocycles. The molecule has 0 aliphatic heterocycles. The molecule has 0 saturated heterocycles. The number of nitrogens with zero attached hydrogens (tertiary/aromatic N) is 2. The first-order chi connectivity index (χ1) is 14.1. The van der Waals surface area contributed by atoms with E-state index >= 15 is 0 Å². The maximum atomic E-state index is 11.4.